The molecule has 0 N–H and O–H groups in total. The zero-order valence-electron chi connectivity index (χ0n) is 8.95. The third kappa shape index (κ3) is 2.71. The van der Waals surface area contributed by atoms with Crippen molar-refractivity contribution >= 4 is 15.9 Å². The average molecular weight is 270 g/mol. The molecule has 3 heteroatoms. The first-order valence-corrected chi connectivity index (χ1v) is 6.34. The maximum Gasteiger partial charge on any atom is 0.228 e. The molecule has 0 saturated heterocycles. The van der Waals surface area contributed by atoms with Crippen molar-refractivity contribution < 1.29 is 4.74 Å². The van der Waals surface area contributed by atoms with Crippen LogP contribution in [0.1, 0.15) is 32.6 Å². The highest BCUT2D eigenvalue weighted by molar-refractivity contribution is 9.10. The van der Waals surface area contributed by atoms with Crippen molar-refractivity contribution in [2.75, 3.05) is 0 Å². The molecule has 82 valence electrons. The fourth-order valence-corrected chi connectivity index (χ4v) is 2.41. The maximum atomic E-state index is 5.94. The third-order valence-electron chi connectivity index (χ3n) is 3.02. The first-order chi connectivity index (χ1) is 7.27. The molecule has 1 aromatic heterocycles. The van der Waals surface area contributed by atoms with Crippen molar-refractivity contribution in [2.45, 2.75) is 38.7 Å². The highest BCUT2D eigenvalue weighted by atomic mass is 79.9. The second-order valence-corrected chi connectivity index (χ2v) is 5.06. The van der Waals surface area contributed by atoms with E-state index in [-0.39, 0.29) is 0 Å². The smallest absolute Gasteiger partial charge is 0.228 e. The van der Waals surface area contributed by atoms with Crippen LogP contribution in [0.5, 0.6) is 5.88 Å². The van der Waals surface area contributed by atoms with E-state index in [1.54, 1.807) is 6.20 Å². The van der Waals surface area contributed by atoms with Gasteiger partial charge >= 0.3 is 0 Å². The van der Waals surface area contributed by atoms with Gasteiger partial charge in [-0.1, -0.05) is 13.3 Å². The molecule has 15 heavy (non-hydrogen) atoms. The molecule has 2 nitrogen and oxygen atoms in total. The van der Waals surface area contributed by atoms with E-state index in [4.69, 9.17) is 4.74 Å². The molecule has 1 heterocycles. The van der Waals surface area contributed by atoms with E-state index in [9.17, 15) is 0 Å². The number of hydrogen-bond donors (Lipinski definition) is 0. The summed E-state index contributed by atoms with van der Waals surface area (Å²) in [7, 11) is 0. The minimum Gasteiger partial charge on any atom is -0.473 e. The summed E-state index contributed by atoms with van der Waals surface area (Å²) in [6, 6.07) is 3.87. The van der Waals surface area contributed by atoms with E-state index in [0.29, 0.717) is 12.0 Å². The van der Waals surface area contributed by atoms with Gasteiger partial charge in [0.05, 0.1) is 4.47 Å². The lowest BCUT2D eigenvalue weighted by Gasteiger charge is -2.29. The molecule has 0 bridgehead atoms. The summed E-state index contributed by atoms with van der Waals surface area (Å²) in [6.45, 7) is 2.26. The van der Waals surface area contributed by atoms with Gasteiger partial charge in [0.2, 0.25) is 5.88 Å². The molecule has 2 atom stereocenters. The standard InChI is InChI=1S/C12H16BrNO/c1-9-5-2-3-7-11(9)15-12-10(13)6-4-8-14-12/h4,6,8-9,11H,2-3,5,7H2,1H3. The fourth-order valence-electron chi connectivity index (χ4n) is 2.06. The topological polar surface area (TPSA) is 22.1 Å². The molecular formula is C12H16BrNO. The van der Waals surface area contributed by atoms with Crippen molar-refractivity contribution in [3.05, 3.63) is 22.8 Å². The van der Waals surface area contributed by atoms with E-state index < -0.39 is 0 Å². The SMILES string of the molecule is CC1CCCCC1Oc1ncccc1Br. The van der Waals surface area contributed by atoms with Crippen molar-refractivity contribution in [2.24, 2.45) is 5.92 Å². The van der Waals surface area contributed by atoms with Crippen molar-refractivity contribution in [1.29, 1.82) is 0 Å². The van der Waals surface area contributed by atoms with Gasteiger partial charge < -0.3 is 4.74 Å². The Kier molecular flexibility index (Phi) is 3.62. The van der Waals surface area contributed by atoms with E-state index in [2.05, 4.69) is 27.8 Å². The second-order valence-electron chi connectivity index (χ2n) is 4.21. The number of hydrogen-bond acceptors (Lipinski definition) is 2. The van der Waals surface area contributed by atoms with Crippen molar-refractivity contribution in [3.8, 4) is 5.88 Å². The fraction of sp³-hybridized carbons (Fsp3) is 0.583. The lowest BCUT2D eigenvalue weighted by atomic mass is 9.88. The molecule has 0 spiro atoms. The number of pyridine rings is 1. The molecule has 1 aromatic rings. The zero-order valence-corrected chi connectivity index (χ0v) is 10.5. The summed E-state index contributed by atoms with van der Waals surface area (Å²) in [5, 5.41) is 0. The van der Waals surface area contributed by atoms with Crippen LogP contribution in [0.4, 0.5) is 0 Å². The molecule has 1 saturated carbocycles. The van der Waals surface area contributed by atoms with Crippen LogP contribution in [0.2, 0.25) is 0 Å². The van der Waals surface area contributed by atoms with Crippen LogP contribution in [-0.4, -0.2) is 11.1 Å². The van der Waals surface area contributed by atoms with Crippen molar-refractivity contribution in [3.63, 3.8) is 0 Å². The number of rotatable bonds is 2. The molecule has 0 amide bonds. The van der Waals surface area contributed by atoms with E-state index in [1.807, 2.05) is 12.1 Å². The van der Waals surface area contributed by atoms with Crippen LogP contribution in [0.3, 0.4) is 0 Å². The monoisotopic (exact) mass is 269 g/mol. The number of ether oxygens (including phenoxy) is 1. The van der Waals surface area contributed by atoms with Gasteiger partial charge in [0, 0.05) is 6.20 Å². The van der Waals surface area contributed by atoms with Crippen LogP contribution < -0.4 is 4.74 Å². The van der Waals surface area contributed by atoms with E-state index >= 15 is 0 Å². The summed E-state index contributed by atoms with van der Waals surface area (Å²) < 4.78 is 6.89. The van der Waals surface area contributed by atoms with Crippen LogP contribution in [0, 0.1) is 5.92 Å². The Hall–Kier alpha value is -0.570. The highest BCUT2D eigenvalue weighted by Gasteiger charge is 2.23. The summed E-state index contributed by atoms with van der Waals surface area (Å²) in [6.07, 6.45) is 7.15. The van der Waals surface area contributed by atoms with Gasteiger partial charge in [-0.3, -0.25) is 0 Å². The van der Waals surface area contributed by atoms with Crippen molar-refractivity contribution in [1.82, 2.24) is 4.98 Å². The zero-order chi connectivity index (χ0) is 10.7. The summed E-state index contributed by atoms with van der Waals surface area (Å²) in [5.74, 6) is 1.38. The number of halogens is 1. The largest absolute Gasteiger partial charge is 0.473 e. The normalized spacial score (nSPS) is 26.3. The van der Waals surface area contributed by atoms with Gasteiger partial charge in [-0.25, -0.2) is 4.98 Å². The van der Waals surface area contributed by atoms with Gasteiger partial charge in [0.25, 0.3) is 0 Å². The highest BCUT2D eigenvalue weighted by Crippen LogP contribution is 2.30. The van der Waals surface area contributed by atoms with Gasteiger partial charge in [-0.2, -0.15) is 0 Å². The first kappa shape index (κ1) is 10.9. The van der Waals surface area contributed by atoms with Gasteiger partial charge in [-0.15, -0.1) is 0 Å². The predicted molar refractivity (Wildman–Crippen MR) is 64.0 cm³/mol. The lowest BCUT2D eigenvalue weighted by Crippen LogP contribution is -2.28. The molecule has 0 aliphatic heterocycles. The van der Waals surface area contributed by atoms with E-state index in [1.165, 1.54) is 19.3 Å². The van der Waals surface area contributed by atoms with Crippen LogP contribution >= 0.6 is 15.9 Å². The van der Waals surface area contributed by atoms with Crippen LogP contribution in [-0.2, 0) is 0 Å². The summed E-state index contributed by atoms with van der Waals surface area (Å²) in [5.41, 5.74) is 0. The first-order valence-electron chi connectivity index (χ1n) is 5.54. The Balaban J connectivity index is 2.04. The Morgan fingerprint density at radius 3 is 2.93 bits per heavy atom. The third-order valence-corrected chi connectivity index (χ3v) is 3.62. The lowest BCUT2D eigenvalue weighted by molar-refractivity contribution is 0.0967. The van der Waals surface area contributed by atoms with Crippen LogP contribution in [0.25, 0.3) is 0 Å². The van der Waals surface area contributed by atoms with Gasteiger partial charge in [0.1, 0.15) is 6.10 Å². The van der Waals surface area contributed by atoms with Gasteiger partial charge in [-0.05, 0) is 53.2 Å². The Morgan fingerprint density at radius 1 is 1.40 bits per heavy atom. The number of nitrogens with zero attached hydrogens (tertiary/aromatic N) is 1. The molecule has 1 aliphatic rings. The quantitative estimate of drug-likeness (QED) is 0.815. The minimum absolute atomic E-state index is 0.338. The summed E-state index contributed by atoms with van der Waals surface area (Å²) >= 11 is 3.46. The maximum absolute atomic E-state index is 5.94. The molecule has 0 aromatic carbocycles. The average Bonchev–Trinajstić information content (AvgIpc) is 2.24. The van der Waals surface area contributed by atoms with Gasteiger partial charge in [0.15, 0.2) is 0 Å². The summed E-state index contributed by atoms with van der Waals surface area (Å²) in [4.78, 5) is 4.24. The molecule has 1 fully saturated rings. The van der Waals surface area contributed by atoms with Crippen LogP contribution in [0.15, 0.2) is 22.8 Å². The Labute approximate surface area is 99.2 Å². The molecule has 2 rings (SSSR count). The molecule has 1 aliphatic carbocycles. The molecular weight excluding hydrogens is 254 g/mol. The Bertz CT molecular complexity index is 329. The van der Waals surface area contributed by atoms with E-state index in [0.717, 1.165) is 16.8 Å². The Morgan fingerprint density at radius 2 is 2.20 bits per heavy atom. The second kappa shape index (κ2) is 4.97. The predicted octanol–water partition coefficient (Wildman–Crippen LogP) is 3.80. The number of aromatic nitrogens is 1. The molecule has 0 radical (unpaired) electrons. The minimum atomic E-state index is 0.338. The molecule has 2 unspecified atom stereocenters.